The predicted molar refractivity (Wildman–Crippen MR) is 75.1 cm³/mol. The van der Waals surface area contributed by atoms with E-state index in [1.165, 1.54) is 0 Å². The van der Waals surface area contributed by atoms with Gasteiger partial charge in [-0.05, 0) is 18.2 Å². The highest BCUT2D eigenvalue weighted by Gasteiger charge is 2.27. The van der Waals surface area contributed by atoms with Gasteiger partial charge in [-0.15, -0.1) is 0 Å². The number of fused-ring (bicyclic) bond motifs is 1. The second-order valence-electron chi connectivity index (χ2n) is 5.19. The molecule has 2 aromatic rings. The maximum Gasteiger partial charge on any atom is 0.411 e. The zero-order valence-electron chi connectivity index (χ0n) is 11.9. The Morgan fingerprint density at radius 3 is 2.67 bits per heavy atom. The van der Waals surface area contributed by atoms with Crippen molar-refractivity contribution in [3.05, 3.63) is 24.0 Å². The van der Waals surface area contributed by atoms with Crippen molar-refractivity contribution in [1.29, 1.82) is 0 Å². The molecule has 4 nitrogen and oxygen atoms in total. The van der Waals surface area contributed by atoms with E-state index in [9.17, 15) is 13.2 Å². The van der Waals surface area contributed by atoms with Crippen molar-refractivity contribution in [2.24, 2.45) is 0 Å². The first-order valence-corrected chi connectivity index (χ1v) is 6.68. The Hall–Kier alpha value is -1.76. The minimum absolute atomic E-state index is 0.0188. The van der Waals surface area contributed by atoms with Crippen LogP contribution in [0.25, 0.3) is 11.0 Å². The van der Waals surface area contributed by atoms with Crippen LogP contribution < -0.4 is 5.73 Å². The summed E-state index contributed by atoms with van der Waals surface area (Å²) < 4.78 is 42.8. The minimum Gasteiger partial charge on any atom is -0.399 e. The maximum atomic E-state index is 12.1. The van der Waals surface area contributed by atoms with Crippen LogP contribution in [0.3, 0.4) is 0 Å². The van der Waals surface area contributed by atoms with Crippen LogP contribution in [0.15, 0.2) is 18.2 Å². The van der Waals surface area contributed by atoms with Crippen molar-refractivity contribution in [2.75, 3.05) is 18.9 Å². The number of nitrogens with two attached hydrogens (primary N) is 1. The van der Waals surface area contributed by atoms with Gasteiger partial charge < -0.3 is 15.0 Å². The van der Waals surface area contributed by atoms with Crippen molar-refractivity contribution in [3.8, 4) is 0 Å². The van der Waals surface area contributed by atoms with Gasteiger partial charge in [0, 0.05) is 18.2 Å². The molecule has 2 N–H and O–H groups in total. The van der Waals surface area contributed by atoms with E-state index in [1.54, 1.807) is 12.1 Å². The van der Waals surface area contributed by atoms with Crippen molar-refractivity contribution in [3.63, 3.8) is 0 Å². The molecule has 0 saturated carbocycles. The molecule has 0 atom stereocenters. The first-order chi connectivity index (χ1) is 9.78. The molecule has 0 radical (unpaired) electrons. The predicted octanol–water partition coefficient (Wildman–Crippen LogP) is 3.32. The average molecular weight is 301 g/mol. The summed E-state index contributed by atoms with van der Waals surface area (Å²) in [6.45, 7) is 3.04. The van der Waals surface area contributed by atoms with Gasteiger partial charge in [-0.2, -0.15) is 13.2 Å². The molecule has 2 rings (SSSR count). The zero-order chi connectivity index (χ0) is 15.6. The van der Waals surface area contributed by atoms with Gasteiger partial charge in [-0.25, -0.2) is 4.98 Å². The number of rotatable bonds is 5. The lowest BCUT2D eigenvalue weighted by Gasteiger charge is -2.12. The molecule has 0 bridgehead atoms. The fourth-order valence-electron chi connectivity index (χ4n) is 2.18. The highest BCUT2D eigenvalue weighted by molar-refractivity contribution is 5.79. The summed E-state index contributed by atoms with van der Waals surface area (Å²) in [6.07, 6.45) is -4.30. The van der Waals surface area contributed by atoms with Crippen molar-refractivity contribution < 1.29 is 17.9 Å². The minimum atomic E-state index is -4.30. The van der Waals surface area contributed by atoms with Crippen LogP contribution in [0.5, 0.6) is 0 Å². The Labute approximate surface area is 120 Å². The van der Waals surface area contributed by atoms with Gasteiger partial charge in [0.1, 0.15) is 12.4 Å². The molecular weight excluding hydrogens is 283 g/mol. The van der Waals surface area contributed by atoms with Crippen LogP contribution in [0, 0.1) is 0 Å². The molecule has 0 aliphatic rings. The molecule has 0 spiro atoms. The fourth-order valence-corrected chi connectivity index (χ4v) is 2.18. The Kier molecular flexibility index (Phi) is 4.41. The highest BCUT2D eigenvalue weighted by Crippen LogP contribution is 2.23. The van der Waals surface area contributed by atoms with Gasteiger partial charge in [0.05, 0.1) is 17.6 Å². The summed E-state index contributed by atoms with van der Waals surface area (Å²) in [7, 11) is 0. The number of anilines is 1. The fraction of sp³-hybridized carbons (Fsp3) is 0.500. The standard InChI is InChI=1S/C14H18F3N3O/c1-9(2)13-19-11-7-10(18)3-4-12(11)20(13)5-6-21-8-14(15,16)17/h3-4,7,9H,5-6,8,18H2,1-2H3. The van der Waals surface area contributed by atoms with E-state index in [-0.39, 0.29) is 12.5 Å². The van der Waals surface area contributed by atoms with E-state index in [1.807, 2.05) is 24.5 Å². The maximum absolute atomic E-state index is 12.1. The summed E-state index contributed by atoms with van der Waals surface area (Å²) in [6, 6.07) is 5.34. The first-order valence-electron chi connectivity index (χ1n) is 6.68. The molecular formula is C14H18F3N3O. The van der Waals surface area contributed by atoms with Gasteiger partial charge in [0.25, 0.3) is 0 Å². The number of aromatic nitrogens is 2. The first kappa shape index (κ1) is 15.6. The highest BCUT2D eigenvalue weighted by atomic mass is 19.4. The van der Waals surface area contributed by atoms with E-state index >= 15 is 0 Å². The van der Waals surface area contributed by atoms with Crippen LogP contribution in [0.2, 0.25) is 0 Å². The van der Waals surface area contributed by atoms with Crippen LogP contribution >= 0.6 is 0 Å². The van der Waals surface area contributed by atoms with Crippen LogP contribution in [-0.2, 0) is 11.3 Å². The van der Waals surface area contributed by atoms with Crippen molar-refractivity contribution in [1.82, 2.24) is 9.55 Å². The molecule has 1 aromatic heterocycles. The van der Waals surface area contributed by atoms with E-state index in [0.717, 1.165) is 16.9 Å². The number of hydrogen-bond donors (Lipinski definition) is 1. The van der Waals surface area contributed by atoms with E-state index in [0.29, 0.717) is 12.2 Å². The number of imidazole rings is 1. The molecule has 21 heavy (non-hydrogen) atoms. The number of alkyl halides is 3. The van der Waals surface area contributed by atoms with E-state index in [2.05, 4.69) is 9.72 Å². The van der Waals surface area contributed by atoms with Gasteiger partial charge in [-0.3, -0.25) is 0 Å². The second-order valence-corrected chi connectivity index (χ2v) is 5.19. The third-order valence-electron chi connectivity index (χ3n) is 3.04. The van der Waals surface area contributed by atoms with Gasteiger partial charge in [0.15, 0.2) is 0 Å². The number of nitrogens with zero attached hydrogens (tertiary/aromatic N) is 2. The zero-order valence-corrected chi connectivity index (χ0v) is 11.9. The van der Waals surface area contributed by atoms with Crippen molar-refractivity contribution in [2.45, 2.75) is 32.5 Å². The molecule has 0 aliphatic heterocycles. The lowest BCUT2D eigenvalue weighted by atomic mass is 10.2. The Morgan fingerprint density at radius 2 is 2.05 bits per heavy atom. The normalized spacial score (nSPS) is 12.5. The number of benzene rings is 1. The Bertz CT molecular complexity index is 620. The molecule has 0 fully saturated rings. The quantitative estimate of drug-likeness (QED) is 0.681. The molecule has 0 unspecified atom stereocenters. The molecule has 116 valence electrons. The summed E-state index contributed by atoms with van der Waals surface area (Å²) in [5.74, 6) is 0.965. The van der Waals surface area contributed by atoms with E-state index in [4.69, 9.17) is 5.73 Å². The largest absolute Gasteiger partial charge is 0.411 e. The topological polar surface area (TPSA) is 53.1 Å². The summed E-state index contributed by atoms with van der Waals surface area (Å²) in [5.41, 5.74) is 7.93. The summed E-state index contributed by atoms with van der Waals surface area (Å²) in [5, 5.41) is 0. The smallest absolute Gasteiger partial charge is 0.399 e. The molecule has 0 aliphatic carbocycles. The molecule has 0 amide bonds. The molecule has 0 saturated heterocycles. The van der Waals surface area contributed by atoms with Gasteiger partial charge in [-0.1, -0.05) is 13.8 Å². The number of halogens is 3. The molecule has 7 heteroatoms. The Morgan fingerprint density at radius 1 is 1.33 bits per heavy atom. The van der Waals surface area contributed by atoms with Crippen LogP contribution in [-0.4, -0.2) is 28.9 Å². The summed E-state index contributed by atoms with van der Waals surface area (Å²) >= 11 is 0. The Balaban J connectivity index is 2.19. The molecule has 1 heterocycles. The third kappa shape index (κ3) is 3.87. The van der Waals surface area contributed by atoms with Gasteiger partial charge >= 0.3 is 6.18 Å². The SMILES string of the molecule is CC(C)c1nc2cc(N)ccc2n1CCOCC(F)(F)F. The number of hydrogen-bond acceptors (Lipinski definition) is 3. The lowest BCUT2D eigenvalue weighted by molar-refractivity contribution is -0.174. The van der Waals surface area contributed by atoms with E-state index < -0.39 is 12.8 Å². The third-order valence-corrected chi connectivity index (χ3v) is 3.04. The second kappa shape index (κ2) is 5.93. The van der Waals surface area contributed by atoms with Crippen molar-refractivity contribution >= 4 is 16.7 Å². The van der Waals surface area contributed by atoms with Crippen LogP contribution in [0.4, 0.5) is 18.9 Å². The monoisotopic (exact) mass is 301 g/mol. The molecule has 1 aromatic carbocycles. The average Bonchev–Trinajstić information content (AvgIpc) is 2.71. The number of nitrogen functional groups attached to an aromatic ring is 1. The van der Waals surface area contributed by atoms with Crippen LogP contribution in [0.1, 0.15) is 25.6 Å². The number of ether oxygens (including phenoxy) is 1. The van der Waals surface area contributed by atoms with Gasteiger partial charge in [0.2, 0.25) is 0 Å². The lowest BCUT2D eigenvalue weighted by Crippen LogP contribution is -2.19. The summed E-state index contributed by atoms with van der Waals surface area (Å²) in [4.78, 5) is 4.51.